The number of ether oxygens (including phenoxy) is 1. The highest BCUT2D eigenvalue weighted by atomic mass is 35.5. The van der Waals surface area contributed by atoms with E-state index in [-0.39, 0.29) is 17.8 Å². The fourth-order valence-electron chi connectivity index (χ4n) is 4.09. The average Bonchev–Trinajstić information content (AvgIpc) is 3.26. The molecule has 1 aromatic heterocycles. The van der Waals surface area contributed by atoms with Crippen molar-refractivity contribution < 1.29 is 14.1 Å². The van der Waals surface area contributed by atoms with E-state index in [0.29, 0.717) is 39.7 Å². The Morgan fingerprint density at radius 3 is 2.59 bits per heavy atom. The van der Waals surface area contributed by atoms with Gasteiger partial charge in [0.1, 0.15) is 17.2 Å². The molecule has 4 nitrogen and oxygen atoms in total. The second-order valence-electron chi connectivity index (χ2n) is 7.89. The summed E-state index contributed by atoms with van der Waals surface area (Å²) in [6.45, 7) is 4.18. The second kappa shape index (κ2) is 7.57. The maximum atomic E-state index is 12.0. The predicted octanol–water partition coefficient (Wildman–Crippen LogP) is 6.05. The highest BCUT2D eigenvalue weighted by Crippen LogP contribution is 2.46. The first-order valence-electron chi connectivity index (χ1n) is 9.50. The van der Waals surface area contributed by atoms with E-state index in [4.69, 9.17) is 32.5 Å². The molecule has 1 aromatic carbocycles. The number of halogens is 2. The first kappa shape index (κ1) is 19.0. The first-order valence-corrected chi connectivity index (χ1v) is 10.3. The van der Waals surface area contributed by atoms with E-state index >= 15 is 0 Å². The molecule has 1 heterocycles. The molecular formula is C21H23Cl2NO3. The van der Waals surface area contributed by atoms with Crippen LogP contribution in [0.1, 0.15) is 56.8 Å². The Morgan fingerprint density at radius 1 is 1.26 bits per heavy atom. The van der Waals surface area contributed by atoms with Crippen LogP contribution in [0.4, 0.5) is 0 Å². The van der Waals surface area contributed by atoms with Gasteiger partial charge in [-0.15, -0.1) is 0 Å². The van der Waals surface area contributed by atoms with Crippen LogP contribution in [0, 0.1) is 11.8 Å². The molecule has 0 unspecified atom stereocenters. The van der Waals surface area contributed by atoms with Crippen molar-refractivity contribution in [3.05, 3.63) is 39.6 Å². The largest absolute Gasteiger partial charge is 0.373 e. The van der Waals surface area contributed by atoms with Gasteiger partial charge in [-0.1, -0.05) is 41.3 Å². The van der Waals surface area contributed by atoms with Gasteiger partial charge in [0.25, 0.3) is 0 Å². The monoisotopic (exact) mass is 407 g/mol. The summed E-state index contributed by atoms with van der Waals surface area (Å²) in [5, 5.41) is 5.37. The number of carbonyl (C=O) groups excluding carboxylic acids is 1. The van der Waals surface area contributed by atoms with Crippen LogP contribution in [0.2, 0.25) is 10.0 Å². The lowest BCUT2D eigenvalue weighted by molar-refractivity contribution is -0.125. The number of carbonyl (C=O) groups is 1. The lowest BCUT2D eigenvalue weighted by atomic mass is 10.0. The number of hydrogen-bond donors (Lipinski definition) is 0. The Bertz CT molecular complexity index is 839. The van der Waals surface area contributed by atoms with Gasteiger partial charge < -0.3 is 9.26 Å². The van der Waals surface area contributed by atoms with Crippen molar-refractivity contribution in [2.24, 2.45) is 11.8 Å². The molecule has 0 amide bonds. The molecular weight excluding hydrogens is 385 g/mol. The van der Waals surface area contributed by atoms with Crippen LogP contribution >= 0.6 is 23.2 Å². The van der Waals surface area contributed by atoms with E-state index in [0.717, 1.165) is 37.0 Å². The van der Waals surface area contributed by atoms with Crippen LogP contribution in [-0.4, -0.2) is 17.0 Å². The fourth-order valence-corrected chi connectivity index (χ4v) is 4.67. The summed E-state index contributed by atoms with van der Waals surface area (Å²) < 4.78 is 11.9. The van der Waals surface area contributed by atoms with E-state index in [2.05, 4.69) is 12.1 Å². The molecule has 0 spiro atoms. The van der Waals surface area contributed by atoms with Crippen LogP contribution in [0.15, 0.2) is 22.7 Å². The van der Waals surface area contributed by atoms with E-state index in [1.807, 2.05) is 6.07 Å². The number of Topliss-reactive ketones (excluding diaryl/α,β-unsaturated/α-hetero) is 1. The second-order valence-corrected chi connectivity index (χ2v) is 8.70. The fraction of sp³-hybridized carbons (Fsp3) is 0.524. The number of benzene rings is 1. The first-order chi connectivity index (χ1) is 13.0. The van der Waals surface area contributed by atoms with Gasteiger partial charge >= 0.3 is 0 Å². The van der Waals surface area contributed by atoms with Gasteiger partial charge in [0.15, 0.2) is 0 Å². The van der Waals surface area contributed by atoms with Gasteiger partial charge in [-0.2, -0.15) is 0 Å². The summed E-state index contributed by atoms with van der Waals surface area (Å²) >= 11 is 12.8. The standard InChI is InChI=1S/C21H23Cl2NO3/c1-11-8-14(12(2)25)18(9-11)26-10-15-20(24-27-21(15)13-6-7-13)19-16(22)4-3-5-17(19)23/h3-5,11,13-14,18H,6-10H2,1-2H3/t11-,14-,18-/m0/s1. The molecule has 6 heteroatoms. The predicted molar refractivity (Wildman–Crippen MR) is 105 cm³/mol. The summed E-state index contributed by atoms with van der Waals surface area (Å²) in [5.74, 6) is 1.92. The zero-order chi connectivity index (χ0) is 19.1. The summed E-state index contributed by atoms with van der Waals surface area (Å²) in [5.41, 5.74) is 2.24. The maximum Gasteiger partial charge on any atom is 0.145 e. The number of nitrogens with zero attached hydrogens (tertiary/aromatic N) is 1. The van der Waals surface area contributed by atoms with Crippen molar-refractivity contribution in [3.8, 4) is 11.3 Å². The molecule has 0 bridgehead atoms. The highest BCUT2D eigenvalue weighted by molar-refractivity contribution is 6.39. The van der Waals surface area contributed by atoms with E-state index in [1.165, 1.54) is 0 Å². The van der Waals surface area contributed by atoms with E-state index in [9.17, 15) is 4.79 Å². The molecule has 2 aromatic rings. The number of aromatic nitrogens is 1. The van der Waals surface area contributed by atoms with Crippen LogP contribution in [0.5, 0.6) is 0 Å². The molecule has 144 valence electrons. The van der Waals surface area contributed by atoms with Crippen LogP contribution in [0.25, 0.3) is 11.3 Å². The smallest absolute Gasteiger partial charge is 0.145 e. The summed E-state index contributed by atoms with van der Waals surface area (Å²) in [6, 6.07) is 5.40. The normalized spacial score (nSPS) is 25.1. The third-order valence-corrected chi connectivity index (χ3v) is 6.30. The molecule has 4 rings (SSSR count). The number of hydrogen-bond acceptors (Lipinski definition) is 4. The van der Waals surface area contributed by atoms with Gasteiger partial charge in [0.05, 0.1) is 22.8 Å². The van der Waals surface area contributed by atoms with Crippen molar-refractivity contribution in [2.75, 3.05) is 0 Å². The molecule has 0 saturated heterocycles. The van der Waals surface area contributed by atoms with Gasteiger partial charge in [0.2, 0.25) is 0 Å². The summed E-state index contributed by atoms with van der Waals surface area (Å²) in [4.78, 5) is 12.0. The molecule has 2 saturated carbocycles. The van der Waals surface area contributed by atoms with E-state index in [1.54, 1.807) is 19.1 Å². The van der Waals surface area contributed by atoms with Gasteiger partial charge in [-0.25, -0.2) is 0 Å². The molecule has 3 atom stereocenters. The Hall–Kier alpha value is -1.36. The SMILES string of the molecule is CC(=O)[C@@H]1C[C@H](C)C[C@@H]1OCc1c(-c2c(Cl)cccc2Cl)noc1C1CC1. The maximum absolute atomic E-state index is 12.0. The molecule has 0 N–H and O–H groups in total. The van der Waals surface area contributed by atoms with Crippen molar-refractivity contribution in [3.63, 3.8) is 0 Å². The molecule has 0 radical (unpaired) electrons. The quantitative estimate of drug-likeness (QED) is 0.584. The number of rotatable bonds is 6. The topological polar surface area (TPSA) is 52.3 Å². The Labute approximate surface area is 169 Å². The Morgan fingerprint density at radius 2 is 1.96 bits per heavy atom. The zero-order valence-electron chi connectivity index (χ0n) is 15.5. The summed E-state index contributed by atoms with van der Waals surface area (Å²) in [7, 11) is 0. The third kappa shape index (κ3) is 3.80. The molecule has 0 aliphatic heterocycles. The van der Waals surface area contributed by atoms with Crippen LogP contribution < -0.4 is 0 Å². The van der Waals surface area contributed by atoms with Crippen LogP contribution in [-0.2, 0) is 16.1 Å². The highest BCUT2D eigenvalue weighted by Gasteiger charge is 2.38. The van der Waals surface area contributed by atoms with Gasteiger partial charge in [-0.05, 0) is 50.7 Å². The minimum Gasteiger partial charge on any atom is -0.373 e. The zero-order valence-corrected chi connectivity index (χ0v) is 17.0. The third-order valence-electron chi connectivity index (χ3n) is 5.67. The van der Waals surface area contributed by atoms with Crippen LogP contribution in [0.3, 0.4) is 0 Å². The van der Waals surface area contributed by atoms with Gasteiger partial charge in [0, 0.05) is 23.0 Å². The van der Waals surface area contributed by atoms with Gasteiger partial charge in [-0.3, -0.25) is 4.79 Å². The molecule has 2 fully saturated rings. The summed E-state index contributed by atoms with van der Waals surface area (Å²) in [6.07, 6.45) is 3.91. The van der Waals surface area contributed by atoms with Crippen molar-refractivity contribution in [1.29, 1.82) is 0 Å². The van der Waals surface area contributed by atoms with Crippen molar-refractivity contribution in [2.45, 2.75) is 58.2 Å². The molecule has 2 aliphatic carbocycles. The Kier molecular flexibility index (Phi) is 5.32. The van der Waals surface area contributed by atoms with E-state index < -0.39 is 0 Å². The number of ketones is 1. The minimum atomic E-state index is -0.0611. The lowest BCUT2D eigenvalue weighted by Gasteiger charge is -2.18. The Balaban J connectivity index is 1.64. The molecule has 2 aliphatic rings. The molecule has 27 heavy (non-hydrogen) atoms. The van der Waals surface area contributed by atoms with Crippen molar-refractivity contribution in [1.82, 2.24) is 5.16 Å². The lowest BCUT2D eigenvalue weighted by Crippen LogP contribution is -2.24. The average molecular weight is 408 g/mol. The van der Waals surface area contributed by atoms with Crippen molar-refractivity contribution >= 4 is 29.0 Å². The minimum absolute atomic E-state index is 0.0309.